The number of nitrogens with zero attached hydrogens (tertiary/aromatic N) is 2. The van der Waals surface area contributed by atoms with E-state index in [-0.39, 0.29) is 0 Å². The zero-order valence-electron chi connectivity index (χ0n) is 29.4. The van der Waals surface area contributed by atoms with Gasteiger partial charge in [-0.15, -0.1) is 32.9 Å². The van der Waals surface area contributed by atoms with E-state index < -0.39 is 0 Å². The monoisotopic (exact) mass is 738 g/mol. The largest absolute Gasteiger partial charge is 0.416 e. The average Bonchev–Trinajstić information content (AvgIpc) is 4.00. The van der Waals surface area contributed by atoms with E-state index >= 15 is 0 Å². The van der Waals surface area contributed by atoms with Gasteiger partial charge >= 0.3 is 0 Å². The van der Waals surface area contributed by atoms with Crippen molar-refractivity contribution in [2.45, 2.75) is 0 Å². The van der Waals surface area contributed by atoms with Crippen LogP contribution in [0, 0.1) is 0 Å². The molecule has 0 saturated heterocycles. The van der Waals surface area contributed by atoms with E-state index in [1.54, 1.807) is 0 Å². The Labute approximate surface area is 325 Å². The van der Waals surface area contributed by atoms with Gasteiger partial charge < -0.3 is 4.42 Å². The van der Waals surface area contributed by atoms with Crippen molar-refractivity contribution in [1.82, 2.24) is 10.2 Å². The first-order valence-corrected chi connectivity index (χ1v) is 19.9. The molecule has 11 aromatic rings. The Bertz CT molecular complexity index is 2990. The molecule has 3 nitrogen and oxygen atoms in total. The number of rotatable bonds is 6. The molecule has 258 valence electrons. The number of benzene rings is 8. The topological polar surface area (TPSA) is 38.9 Å². The Hall–Kier alpha value is -6.66. The van der Waals surface area contributed by atoms with Crippen molar-refractivity contribution in [2.24, 2.45) is 0 Å². The van der Waals surface area contributed by atoms with Crippen LogP contribution in [-0.4, -0.2) is 10.2 Å². The third kappa shape index (κ3) is 5.56. The first-order chi connectivity index (χ1) is 27.2. The Balaban J connectivity index is 0.835. The van der Waals surface area contributed by atoms with Gasteiger partial charge in [0, 0.05) is 51.5 Å². The molecule has 8 aromatic carbocycles. The maximum atomic E-state index is 6.21. The minimum Gasteiger partial charge on any atom is -0.416 e. The number of thiophene rings is 2. The highest BCUT2D eigenvalue weighted by Gasteiger charge is 2.15. The molecule has 3 aromatic heterocycles. The summed E-state index contributed by atoms with van der Waals surface area (Å²) >= 11 is 3.72. The van der Waals surface area contributed by atoms with Crippen LogP contribution in [0.5, 0.6) is 0 Å². The van der Waals surface area contributed by atoms with E-state index in [0.29, 0.717) is 11.8 Å². The quantitative estimate of drug-likeness (QED) is 0.170. The lowest BCUT2D eigenvalue weighted by molar-refractivity contribution is 0.584. The highest BCUT2D eigenvalue weighted by Crippen LogP contribution is 2.42. The molecule has 0 bridgehead atoms. The lowest BCUT2D eigenvalue weighted by Crippen LogP contribution is -1.83. The maximum Gasteiger partial charge on any atom is 0.248 e. The molecule has 0 atom stereocenters. The van der Waals surface area contributed by atoms with Gasteiger partial charge in [-0.3, -0.25) is 0 Å². The van der Waals surface area contributed by atoms with Crippen LogP contribution in [0.2, 0.25) is 0 Å². The van der Waals surface area contributed by atoms with Crippen LogP contribution in [0.15, 0.2) is 186 Å². The van der Waals surface area contributed by atoms with Gasteiger partial charge in [0.25, 0.3) is 0 Å². The van der Waals surface area contributed by atoms with Crippen molar-refractivity contribution in [3.8, 4) is 67.4 Å². The molecule has 0 saturated carbocycles. The van der Waals surface area contributed by atoms with Crippen molar-refractivity contribution in [3.63, 3.8) is 0 Å². The van der Waals surface area contributed by atoms with Gasteiger partial charge in [-0.25, -0.2) is 0 Å². The van der Waals surface area contributed by atoms with Crippen LogP contribution in [0.4, 0.5) is 0 Å². The summed E-state index contributed by atoms with van der Waals surface area (Å²) in [6, 6.07) is 64.9. The molecular weight excluding hydrogens is 709 g/mol. The molecule has 0 amide bonds. The molecule has 11 rings (SSSR count). The normalized spacial score (nSPS) is 11.6. The maximum absolute atomic E-state index is 6.21. The summed E-state index contributed by atoms with van der Waals surface area (Å²) in [4.78, 5) is 0. The Kier molecular flexibility index (Phi) is 7.54. The zero-order valence-corrected chi connectivity index (χ0v) is 31.1. The van der Waals surface area contributed by atoms with E-state index in [9.17, 15) is 0 Å². The standard InChI is InChI=1S/C50H30N2OS2/c1-3-19-45-41(13-1)43-17-7-15-39(47(43)54-45)37-11-5-9-35(29-37)31-21-25-33(26-22-31)49-51-52-50(53-49)34-27-23-32(24-28-34)36-10-6-12-38(30-36)40-16-8-18-44-42-14-2-4-20-46(42)55-48(40)44/h1-30H. The second-order valence-electron chi connectivity index (χ2n) is 13.8. The first kappa shape index (κ1) is 31.8. The lowest BCUT2D eigenvalue weighted by atomic mass is 9.97. The highest BCUT2D eigenvalue weighted by atomic mass is 32.1. The highest BCUT2D eigenvalue weighted by molar-refractivity contribution is 7.26. The second kappa shape index (κ2) is 13.0. The first-order valence-electron chi connectivity index (χ1n) is 18.3. The van der Waals surface area contributed by atoms with E-state index in [2.05, 4.69) is 192 Å². The van der Waals surface area contributed by atoms with Crippen LogP contribution in [0.3, 0.4) is 0 Å². The van der Waals surface area contributed by atoms with Gasteiger partial charge in [0.2, 0.25) is 11.8 Å². The fraction of sp³-hybridized carbons (Fsp3) is 0. The summed E-state index contributed by atoms with van der Waals surface area (Å²) in [5.74, 6) is 0.998. The van der Waals surface area contributed by atoms with Gasteiger partial charge in [-0.1, -0.05) is 133 Å². The molecule has 0 N–H and O–H groups in total. The molecule has 0 spiro atoms. The number of aromatic nitrogens is 2. The molecule has 55 heavy (non-hydrogen) atoms. The van der Waals surface area contributed by atoms with Crippen LogP contribution >= 0.6 is 22.7 Å². The van der Waals surface area contributed by atoms with Crippen LogP contribution < -0.4 is 0 Å². The minimum atomic E-state index is 0.499. The summed E-state index contributed by atoms with van der Waals surface area (Å²) in [6.07, 6.45) is 0. The Morgan fingerprint density at radius 1 is 0.309 bits per heavy atom. The fourth-order valence-electron chi connectivity index (χ4n) is 7.75. The van der Waals surface area contributed by atoms with Gasteiger partial charge in [0.05, 0.1) is 0 Å². The summed E-state index contributed by atoms with van der Waals surface area (Å²) in [5.41, 5.74) is 11.3. The van der Waals surface area contributed by atoms with Crippen LogP contribution in [0.1, 0.15) is 0 Å². The van der Waals surface area contributed by atoms with Gasteiger partial charge in [0.15, 0.2) is 0 Å². The lowest BCUT2D eigenvalue weighted by Gasteiger charge is -2.08. The Morgan fingerprint density at radius 3 is 1.16 bits per heavy atom. The molecule has 0 aliphatic carbocycles. The smallest absolute Gasteiger partial charge is 0.248 e. The average molecular weight is 739 g/mol. The molecule has 0 fully saturated rings. The zero-order chi connectivity index (χ0) is 36.3. The summed E-state index contributed by atoms with van der Waals surface area (Å²) in [6.45, 7) is 0. The fourth-order valence-corrected chi connectivity index (χ4v) is 10.2. The minimum absolute atomic E-state index is 0.499. The molecule has 0 radical (unpaired) electrons. The van der Waals surface area contributed by atoms with Gasteiger partial charge in [-0.05, 0) is 93.0 Å². The van der Waals surface area contributed by atoms with E-state index in [4.69, 9.17) is 4.42 Å². The number of hydrogen-bond acceptors (Lipinski definition) is 5. The van der Waals surface area contributed by atoms with Crippen molar-refractivity contribution in [3.05, 3.63) is 182 Å². The third-order valence-electron chi connectivity index (χ3n) is 10.5. The predicted molar refractivity (Wildman–Crippen MR) is 233 cm³/mol. The molecule has 5 heteroatoms. The summed E-state index contributed by atoms with van der Waals surface area (Å²) < 4.78 is 11.5. The predicted octanol–water partition coefficient (Wildman–Crippen LogP) is 14.8. The Morgan fingerprint density at radius 2 is 0.691 bits per heavy atom. The third-order valence-corrected chi connectivity index (χ3v) is 13.0. The van der Waals surface area contributed by atoms with Crippen molar-refractivity contribution in [1.29, 1.82) is 0 Å². The van der Waals surface area contributed by atoms with Gasteiger partial charge in [0.1, 0.15) is 0 Å². The number of hydrogen-bond donors (Lipinski definition) is 0. The molecule has 0 unspecified atom stereocenters. The van der Waals surface area contributed by atoms with E-state index in [1.807, 2.05) is 22.7 Å². The SMILES string of the molecule is c1cc(-c2ccc(-c3nnc(-c4ccc(-c5cccc(-c6cccc7c6sc6ccccc67)c5)cc4)o3)cc2)cc(-c2cccc3c2sc2ccccc23)c1. The van der Waals surface area contributed by atoms with Crippen molar-refractivity contribution in [2.75, 3.05) is 0 Å². The van der Waals surface area contributed by atoms with Gasteiger partial charge in [-0.2, -0.15) is 0 Å². The molecule has 0 aliphatic heterocycles. The van der Waals surface area contributed by atoms with E-state index in [0.717, 1.165) is 33.4 Å². The van der Waals surface area contributed by atoms with Crippen LogP contribution in [0.25, 0.3) is 108 Å². The molecule has 0 aliphatic rings. The van der Waals surface area contributed by atoms with Crippen LogP contribution in [-0.2, 0) is 0 Å². The molecular formula is C50H30N2OS2. The molecule has 3 heterocycles. The van der Waals surface area contributed by atoms with E-state index in [1.165, 1.54) is 62.6 Å². The summed E-state index contributed by atoms with van der Waals surface area (Å²) in [7, 11) is 0. The number of fused-ring (bicyclic) bond motifs is 6. The second-order valence-corrected chi connectivity index (χ2v) is 15.9. The summed E-state index contributed by atoms with van der Waals surface area (Å²) in [5, 5.41) is 14.1. The van der Waals surface area contributed by atoms with Crippen molar-refractivity contribution < 1.29 is 4.42 Å². The van der Waals surface area contributed by atoms with Crippen molar-refractivity contribution >= 4 is 63.0 Å².